The van der Waals surface area contributed by atoms with Crippen LogP contribution < -0.4 is 5.73 Å². The topological polar surface area (TPSA) is 73.1 Å². The maximum Gasteiger partial charge on any atom is 0.433 e. The molecule has 0 aliphatic heterocycles. The molecule has 0 fully saturated rings. The Bertz CT molecular complexity index is 946. The highest BCUT2D eigenvalue weighted by atomic mass is 32.2. The lowest BCUT2D eigenvalue weighted by atomic mass is 9.88. The second kappa shape index (κ2) is 8.74. The van der Waals surface area contributed by atoms with E-state index in [1.165, 1.54) is 0 Å². The maximum atomic E-state index is 14.7. The van der Waals surface area contributed by atoms with Crippen LogP contribution in [-0.2, 0) is 20.8 Å². The number of rotatable bonds is 8. The summed E-state index contributed by atoms with van der Waals surface area (Å²) in [5.74, 6) is -1.74. The van der Waals surface area contributed by atoms with E-state index in [1.807, 2.05) is 0 Å². The van der Waals surface area contributed by atoms with Crippen molar-refractivity contribution >= 4 is 9.84 Å². The van der Waals surface area contributed by atoms with E-state index in [0.717, 1.165) is 24.3 Å². The fourth-order valence-corrected chi connectivity index (χ4v) is 5.60. The molecule has 4 nitrogen and oxygen atoms in total. The van der Waals surface area contributed by atoms with Gasteiger partial charge in [-0.05, 0) is 56.1 Å². The van der Waals surface area contributed by atoms with Gasteiger partial charge in [0.25, 0.3) is 0 Å². The molecular weight excluding hydrogens is 415 g/mol. The van der Waals surface area contributed by atoms with Crippen LogP contribution in [0.5, 0.6) is 0 Å². The zero-order chi connectivity index (χ0) is 21.9. The molecule has 1 heterocycles. The zero-order valence-electron chi connectivity index (χ0n) is 15.6. The molecule has 0 radical (unpaired) electrons. The summed E-state index contributed by atoms with van der Waals surface area (Å²) in [6.45, 7) is 1.78. The predicted molar refractivity (Wildman–Crippen MR) is 97.7 cm³/mol. The number of halogens is 5. The molecular formula is C19H21F5N2O2S. The third kappa shape index (κ3) is 4.58. The van der Waals surface area contributed by atoms with Crippen LogP contribution in [0, 0.1) is 11.6 Å². The number of benzene rings is 1. The van der Waals surface area contributed by atoms with E-state index in [4.69, 9.17) is 5.73 Å². The van der Waals surface area contributed by atoms with Gasteiger partial charge in [0.05, 0.1) is 4.90 Å². The first-order valence-corrected chi connectivity index (χ1v) is 10.4. The third-order valence-electron chi connectivity index (χ3n) is 4.71. The van der Waals surface area contributed by atoms with Gasteiger partial charge >= 0.3 is 6.18 Å². The molecule has 10 heteroatoms. The van der Waals surface area contributed by atoms with Crippen LogP contribution in [-0.4, -0.2) is 19.9 Å². The van der Waals surface area contributed by atoms with Crippen LogP contribution in [0.15, 0.2) is 41.4 Å². The molecule has 0 unspecified atom stereocenters. The summed E-state index contributed by atoms with van der Waals surface area (Å²) in [5.41, 5.74) is 3.91. The molecule has 0 spiro atoms. The SMILES string of the molecule is CCC[C@@](CCCN)(c1cc(F)ccc1F)S(=O)(=O)c1ccc(C(F)(F)F)nc1. The average molecular weight is 436 g/mol. The van der Waals surface area contributed by atoms with Gasteiger partial charge in [0.2, 0.25) is 0 Å². The first-order valence-electron chi connectivity index (χ1n) is 8.93. The highest BCUT2D eigenvalue weighted by Gasteiger charge is 2.47. The van der Waals surface area contributed by atoms with E-state index in [0.29, 0.717) is 18.7 Å². The molecule has 2 aromatic rings. The van der Waals surface area contributed by atoms with Crippen molar-refractivity contribution in [2.75, 3.05) is 6.54 Å². The minimum Gasteiger partial charge on any atom is -0.330 e. The van der Waals surface area contributed by atoms with Crippen molar-refractivity contribution in [3.8, 4) is 0 Å². The van der Waals surface area contributed by atoms with E-state index in [-0.39, 0.29) is 31.4 Å². The quantitative estimate of drug-likeness (QED) is 0.615. The van der Waals surface area contributed by atoms with Crippen molar-refractivity contribution in [3.63, 3.8) is 0 Å². The number of sulfone groups is 1. The Morgan fingerprint density at radius 1 is 1.07 bits per heavy atom. The van der Waals surface area contributed by atoms with Crippen molar-refractivity contribution in [2.24, 2.45) is 5.73 Å². The van der Waals surface area contributed by atoms with Gasteiger partial charge in [-0.25, -0.2) is 17.2 Å². The fraction of sp³-hybridized carbons (Fsp3) is 0.421. The van der Waals surface area contributed by atoms with E-state index in [9.17, 15) is 30.4 Å². The van der Waals surface area contributed by atoms with Crippen LogP contribution in [0.25, 0.3) is 0 Å². The molecule has 0 bridgehead atoms. The van der Waals surface area contributed by atoms with Gasteiger partial charge in [-0.3, -0.25) is 4.98 Å². The van der Waals surface area contributed by atoms with Crippen LogP contribution in [0.3, 0.4) is 0 Å². The normalized spacial score (nSPS) is 14.6. The number of nitrogens with two attached hydrogens (primary N) is 1. The molecule has 1 atom stereocenters. The molecule has 0 saturated carbocycles. The van der Waals surface area contributed by atoms with Gasteiger partial charge in [0.15, 0.2) is 9.84 Å². The summed E-state index contributed by atoms with van der Waals surface area (Å²) in [4.78, 5) is 2.71. The number of alkyl halides is 3. The first-order chi connectivity index (χ1) is 13.5. The van der Waals surface area contributed by atoms with Gasteiger partial charge in [-0.2, -0.15) is 13.2 Å². The molecule has 2 rings (SSSR count). The molecule has 0 saturated heterocycles. The highest BCUT2D eigenvalue weighted by molar-refractivity contribution is 7.92. The van der Waals surface area contributed by atoms with Gasteiger partial charge < -0.3 is 5.73 Å². The first kappa shape index (κ1) is 23.2. The number of nitrogens with zero attached hydrogens (tertiary/aromatic N) is 1. The zero-order valence-corrected chi connectivity index (χ0v) is 16.5. The molecule has 1 aromatic carbocycles. The van der Waals surface area contributed by atoms with E-state index in [1.54, 1.807) is 6.92 Å². The monoisotopic (exact) mass is 436 g/mol. The maximum absolute atomic E-state index is 14.7. The van der Waals surface area contributed by atoms with E-state index < -0.39 is 43.0 Å². The summed E-state index contributed by atoms with van der Waals surface area (Å²) in [7, 11) is -4.44. The van der Waals surface area contributed by atoms with Gasteiger partial charge in [0.1, 0.15) is 22.1 Å². The van der Waals surface area contributed by atoms with Gasteiger partial charge in [-0.1, -0.05) is 13.3 Å². The average Bonchev–Trinajstić information content (AvgIpc) is 2.66. The summed E-state index contributed by atoms with van der Waals surface area (Å²) in [5, 5.41) is 0. The molecule has 29 heavy (non-hydrogen) atoms. The van der Waals surface area contributed by atoms with Gasteiger partial charge in [-0.15, -0.1) is 0 Å². The highest BCUT2D eigenvalue weighted by Crippen LogP contribution is 2.44. The lowest BCUT2D eigenvalue weighted by molar-refractivity contribution is -0.141. The Labute approximate surface area is 165 Å². The minimum absolute atomic E-state index is 0.0727. The van der Waals surface area contributed by atoms with Crippen molar-refractivity contribution in [1.82, 2.24) is 4.98 Å². The Morgan fingerprint density at radius 2 is 1.76 bits per heavy atom. The third-order valence-corrected chi connectivity index (χ3v) is 7.23. The Hall–Kier alpha value is -2.07. The van der Waals surface area contributed by atoms with Crippen molar-refractivity contribution in [3.05, 3.63) is 59.4 Å². The standard InChI is InChI=1S/C19H21F5N2O2S/c1-2-8-18(9-3-10-25,15-11-13(20)4-6-16(15)21)29(27,28)14-5-7-17(26-12-14)19(22,23)24/h4-7,11-12H,2-3,8-10,25H2,1H3/t18-/m1/s1. The fourth-order valence-electron chi connectivity index (χ4n) is 3.38. The largest absolute Gasteiger partial charge is 0.433 e. The predicted octanol–water partition coefficient (Wildman–Crippen LogP) is 4.59. The van der Waals surface area contributed by atoms with Crippen LogP contribution in [0.2, 0.25) is 0 Å². The van der Waals surface area contributed by atoms with Crippen molar-refractivity contribution < 1.29 is 30.4 Å². The molecule has 0 aliphatic carbocycles. The number of hydrogen-bond acceptors (Lipinski definition) is 4. The summed E-state index contributed by atoms with van der Waals surface area (Å²) < 4.78 is 92.0. The molecule has 1 aromatic heterocycles. The van der Waals surface area contributed by atoms with Crippen LogP contribution in [0.1, 0.15) is 43.9 Å². The van der Waals surface area contributed by atoms with Gasteiger partial charge in [0, 0.05) is 11.8 Å². The van der Waals surface area contributed by atoms with Crippen LogP contribution >= 0.6 is 0 Å². The number of aromatic nitrogens is 1. The lowest BCUT2D eigenvalue weighted by Gasteiger charge is -2.34. The van der Waals surface area contributed by atoms with Crippen LogP contribution in [0.4, 0.5) is 22.0 Å². The molecule has 0 aliphatic rings. The summed E-state index contributed by atoms with van der Waals surface area (Å²) in [6, 6.07) is 3.85. The second-order valence-corrected chi connectivity index (χ2v) is 8.90. The molecule has 2 N–H and O–H groups in total. The summed E-state index contributed by atoms with van der Waals surface area (Å²) >= 11 is 0. The Balaban J connectivity index is 2.73. The second-order valence-electron chi connectivity index (χ2n) is 6.64. The lowest BCUT2D eigenvalue weighted by Crippen LogP contribution is -2.38. The van der Waals surface area contributed by atoms with E-state index in [2.05, 4.69) is 4.98 Å². The smallest absolute Gasteiger partial charge is 0.330 e. The number of hydrogen-bond donors (Lipinski definition) is 1. The Kier molecular flexibility index (Phi) is 7.00. The van der Waals surface area contributed by atoms with E-state index >= 15 is 0 Å². The molecule has 160 valence electrons. The van der Waals surface area contributed by atoms with Crippen molar-refractivity contribution in [2.45, 2.75) is 48.4 Å². The number of pyridine rings is 1. The molecule has 0 amide bonds. The Morgan fingerprint density at radius 3 is 2.28 bits per heavy atom. The summed E-state index contributed by atoms with van der Waals surface area (Å²) in [6.07, 6.45) is -3.85. The van der Waals surface area contributed by atoms with Crippen molar-refractivity contribution in [1.29, 1.82) is 0 Å². The minimum atomic E-state index is -4.74.